The Balaban J connectivity index is 1.78. The van der Waals surface area contributed by atoms with Gasteiger partial charge in [-0.1, -0.05) is 0 Å². The molecule has 4 atom stereocenters. The Labute approximate surface area is 121 Å². The third-order valence-corrected chi connectivity index (χ3v) is 3.97. The van der Waals surface area contributed by atoms with E-state index in [4.69, 9.17) is 20.7 Å². The van der Waals surface area contributed by atoms with E-state index in [9.17, 15) is 5.11 Å². The van der Waals surface area contributed by atoms with E-state index in [2.05, 4.69) is 15.0 Å². The van der Waals surface area contributed by atoms with Crippen molar-refractivity contribution >= 4 is 17.9 Å². The van der Waals surface area contributed by atoms with Crippen LogP contribution in [0.2, 0.25) is 0 Å². The molecule has 0 aromatic heterocycles. The number of nitrogens with two attached hydrogens (primary N) is 1. The van der Waals surface area contributed by atoms with Crippen molar-refractivity contribution in [3.05, 3.63) is 0 Å². The average molecular weight is 297 g/mol. The molecule has 0 amide bonds. The predicted octanol–water partition coefficient (Wildman–Crippen LogP) is -2.35. The first-order valence-corrected chi connectivity index (χ1v) is 6.86. The standard InChI is InChI=1S/C12H19N5O4/c13-12(1-2-18)10-11(14-5-16-12)17(6-15-10)9-3-7(20)8(4-19)21-9/h5,7-9,18-20H,1-4,6,13H2/t7-,8+,9+,12?/m0/s1. The number of aliphatic hydroxyl groups excluding tert-OH is 3. The summed E-state index contributed by atoms with van der Waals surface area (Å²) in [7, 11) is 0. The van der Waals surface area contributed by atoms with E-state index in [-0.39, 0.29) is 19.6 Å². The summed E-state index contributed by atoms with van der Waals surface area (Å²) >= 11 is 0. The second kappa shape index (κ2) is 5.43. The van der Waals surface area contributed by atoms with Crippen LogP contribution in [0.1, 0.15) is 12.8 Å². The van der Waals surface area contributed by atoms with Gasteiger partial charge in [0, 0.05) is 19.4 Å². The smallest absolute Gasteiger partial charge is 0.159 e. The Morgan fingerprint density at radius 3 is 2.95 bits per heavy atom. The molecular weight excluding hydrogens is 278 g/mol. The number of aliphatic hydroxyl groups is 3. The molecule has 0 aromatic rings. The van der Waals surface area contributed by atoms with Gasteiger partial charge in [0.25, 0.3) is 0 Å². The van der Waals surface area contributed by atoms with Crippen LogP contribution in [0.4, 0.5) is 0 Å². The van der Waals surface area contributed by atoms with E-state index < -0.39 is 24.1 Å². The summed E-state index contributed by atoms with van der Waals surface area (Å²) in [6.07, 6.45) is 0.239. The highest BCUT2D eigenvalue weighted by molar-refractivity contribution is 6.47. The lowest BCUT2D eigenvalue weighted by atomic mass is 10.00. The van der Waals surface area contributed by atoms with Gasteiger partial charge in [-0.25, -0.2) is 9.98 Å². The number of ether oxygens (including phenoxy) is 1. The molecule has 3 aliphatic heterocycles. The maximum Gasteiger partial charge on any atom is 0.159 e. The van der Waals surface area contributed by atoms with Crippen LogP contribution >= 0.6 is 0 Å². The molecule has 116 valence electrons. The predicted molar refractivity (Wildman–Crippen MR) is 75.1 cm³/mol. The van der Waals surface area contributed by atoms with Gasteiger partial charge in [-0.05, 0) is 0 Å². The molecule has 0 spiro atoms. The third-order valence-electron chi connectivity index (χ3n) is 3.97. The summed E-state index contributed by atoms with van der Waals surface area (Å²) in [5, 5.41) is 28.1. The molecule has 1 fully saturated rings. The van der Waals surface area contributed by atoms with E-state index in [1.807, 2.05) is 0 Å². The minimum atomic E-state index is -1.08. The molecule has 0 aliphatic carbocycles. The zero-order chi connectivity index (χ0) is 15.0. The van der Waals surface area contributed by atoms with Crippen molar-refractivity contribution in [3.8, 4) is 0 Å². The Bertz CT molecular complexity index is 508. The van der Waals surface area contributed by atoms with Crippen LogP contribution in [0.15, 0.2) is 15.0 Å². The van der Waals surface area contributed by atoms with E-state index in [1.165, 1.54) is 6.34 Å². The lowest BCUT2D eigenvalue weighted by Gasteiger charge is -2.31. The number of aliphatic imine (C=N–C) groups is 3. The number of amidine groups is 1. The summed E-state index contributed by atoms with van der Waals surface area (Å²) in [6, 6.07) is 0. The van der Waals surface area contributed by atoms with Gasteiger partial charge in [0.05, 0.1) is 12.7 Å². The Morgan fingerprint density at radius 2 is 2.29 bits per heavy atom. The van der Waals surface area contributed by atoms with Crippen LogP contribution in [0.25, 0.3) is 0 Å². The maximum absolute atomic E-state index is 9.83. The maximum atomic E-state index is 9.83. The van der Waals surface area contributed by atoms with Gasteiger partial charge in [-0.2, -0.15) is 0 Å². The largest absolute Gasteiger partial charge is 0.396 e. The Hall–Kier alpha value is -1.39. The molecule has 0 aromatic carbocycles. The molecule has 1 unspecified atom stereocenters. The monoisotopic (exact) mass is 297 g/mol. The van der Waals surface area contributed by atoms with Crippen molar-refractivity contribution < 1.29 is 20.1 Å². The molecule has 3 rings (SSSR count). The van der Waals surface area contributed by atoms with Crippen molar-refractivity contribution in [2.24, 2.45) is 20.7 Å². The van der Waals surface area contributed by atoms with Crippen molar-refractivity contribution in [3.63, 3.8) is 0 Å². The van der Waals surface area contributed by atoms with E-state index in [0.717, 1.165) is 0 Å². The SMILES string of the molecule is NC1(CCO)N=CN=C2C1=NCN2[C@H]1C[C@H](O)[C@@H](CO)O1. The highest BCUT2D eigenvalue weighted by Crippen LogP contribution is 2.29. The third kappa shape index (κ3) is 2.36. The molecule has 3 aliphatic rings. The summed E-state index contributed by atoms with van der Waals surface area (Å²) in [4.78, 5) is 14.5. The average Bonchev–Trinajstić information content (AvgIpc) is 3.03. The van der Waals surface area contributed by atoms with Crippen LogP contribution in [-0.2, 0) is 4.74 Å². The summed E-state index contributed by atoms with van der Waals surface area (Å²) in [5.74, 6) is 0.553. The molecule has 1 saturated heterocycles. The fourth-order valence-corrected chi connectivity index (χ4v) is 2.79. The first-order valence-electron chi connectivity index (χ1n) is 6.86. The molecule has 21 heavy (non-hydrogen) atoms. The number of fused-ring (bicyclic) bond motifs is 1. The molecular formula is C12H19N5O4. The molecule has 5 N–H and O–H groups in total. The zero-order valence-electron chi connectivity index (χ0n) is 11.5. The van der Waals surface area contributed by atoms with Gasteiger partial charge < -0.3 is 30.7 Å². The zero-order valence-corrected chi connectivity index (χ0v) is 11.5. The van der Waals surface area contributed by atoms with Crippen molar-refractivity contribution in [1.82, 2.24) is 4.90 Å². The lowest BCUT2D eigenvalue weighted by molar-refractivity contribution is -0.0560. The van der Waals surface area contributed by atoms with E-state index in [1.54, 1.807) is 4.90 Å². The second-order valence-electron chi connectivity index (χ2n) is 5.33. The van der Waals surface area contributed by atoms with Crippen molar-refractivity contribution in [2.45, 2.75) is 36.9 Å². The van der Waals surface area contributed by atoms with Gasteiger partial charge >= 0.3 is 0 Å². The number of rotatable bonds is 4. The van der Waals surface area contributed by atoms with Crippen molar-refractivity contribution in [2.75, 3.05) is 19.9 Å². The van der Waals surface area contributed by atoms with E-state index >= 15 is 0 Å². The molecule has 0 bridgehead atoms. The first kappa shape index (κ1) is 14.5. The fraction of sp³-hybridized carbons (Fsp3) is 0.750. The minimum Gasteiger partial charge on any atom is -0.396 e. The first-order chi connectivity index (χ1) is 10.1. The number of hydrogen-bond donors (Lipinski definition) is 4. The molecule has 9 heteroatoms. The summed E-state index contributed by atoms with van der Waals surface area (Å²) in [6.45, 7) is -0.0404. The quantitative estimate of drug-likeness (QED) is 0.458. The molecule has 9 nitrogen and oxygen atoms in total. The van der Waals surface area contributed by atoms with Crippen molar-refractivity contribution in [1.29, 1.82) is 0 Å². The second-order valence-corrected chi connectivity index (χ2v) is 5.33. The van der Waals surface area contributed by atoms with Crippen LogP contribution in [0, 0.1) is 0 Å². The summed E-state index contributed by atoms with van der Waals surface area (Å²) < 4.78 is 5.62. The highest BCUT2D eigenvalue weighted by Gasteiger charge is 2.45. The van der Waals surface area contributed by atoms with Gasteiger partial charge in [-0.15, -0.1) is 0 Å². The lowest BCUT2D eigenvalue weighted by Crippen LogP contribution is -2.54. The van der Waals surface area contributed by atoms with Crippen LogP contribution in [0.3, 0.4) is 0 Å². The number of nitrogens with zero attached hydrogens (tertiary/aromatic N) is 4. The topological polar surface area (TPSA) is 136 Å². The van der Waals surface area contributed by atoms with Crippen LogP contribution in [0.5, 0.6) is 0 Å². The molecule has 3 heterocycles. The van der Waals surface area contributed by atoms with E-state index in [0.29, 0.717) is 24.6 Å². The Morgan fingerprint density at radius 1 is 1.48 bits per heavy atom. The molecule has 0 saturated carbocycles. The van der Waals surface area contributed by atoms with Crippen LogP contribution in [-0.4, -0.2) is 82.1 Å². The minimum absolute atomic E-state index is 0.106. The fourth-order valence-electron chi connectivity index (χ4n) is 2.79. The number of hydrogen-bond acceptors (Lipinski definition) is 9. The van der Waals surface area contributed by atoms with Gasteiger partial charge in [-0.3, -0.25) is 4.99 Å². The van der Waals surface area contributed by atoms with Crippen LogP contribution < -0.4 is 5.73 Å². The van der Waals surface area contributed by atoms with Gasteiger partial charge in [0.1, 0.15) is 31.1 Å². The Kier molecular flexibility index (Phi) is 3.76. The summed E-state index contributed by atoms with van der Waals surface area (Å²) in [5.41, 5.74) is 5.61. The normalized spacial score (nSPS) is 38.5. The highest BCUT2D eigenvalue weighted by atomic mass is 16.5. The van der Waals surface area contributed by atoms with Gasteiger partial charge in [0.15, 0.2) is 11.5 Å². The van der Waals surface area contributed by atoms with Gasteiger partial charge in [0.2, 0.25) is 0 Å². The molecule has 0 radical (unpaired) electrons.